The zero-order valence-electron chi connectivity index (χ0n) is 11.6. The zero-order chi connectivity index (χ0) is 14.1. The molecule has 0 atom stereocenters. The van der Waals surface area contributed by atoms with Crippen molar-refractivity contribution in [2.24, 2.45) is 23.9 Å². The molecule has 1 aliphatic heterocycles. The van der Waals surface area contributed by atoms with E-state index in [0.29, 0.717) is 13.1 Å². The molecule has 0 bridgehead atoms. The summed E-state index contributed by atoms with van der Waals surface area (Å²) in [5.41, 5.74) is 0. The Bertz CT molecular complexity index is 577. The largest absolute Gasteiger partial charge is 0.342 e. The molecule has 108 valence electrons. The number of likely N-dealkylation sites (tertiary alicyclic amines) is 1. The Morgan fingerprint density at radius 2 is 1.90 bits per heavy atom. The third-order valence-corrected chi connectivity index (χ3v) is 4.90. The van der Waals surface area contributed by atoms with E-state index in [2.05, 4.69) is 4.99 Å². The van der Waals surface area contributed by atoms with E-state index in [1.54, 1.807) is 0 Å². The lowest BCUT2D eigenvalue weighted by Crippen LogP contribution is -2.41. The van der Waals surface area contributed by atoms with Gasteiger partial charge in [-0.05, 0) is 25.7 Å². The van der Waals surface area contributed by atoms with Gasteiger partial charge in [0.2, 0.25) is 5.91 Å². The molecule has 1 saturated carbocycles. The minimum atomic E-state index is -0.0402. The van der Waals surface area contributed by atoms with Crippen molar-refractivity contribution in [1.82, 2.24) is 9.47 Å². The molecule has 1 aromatic heterocycles. The van der Waals surface area contributed by atoms with Crippen LogP contribution >= 0.6 is 11.3 Å². The summed E-state index contributed by atoms with van der Waals surface area (Å²) in [7, 11) is 1.89. The van der Waals surface area contributed by atoms with Crippen LogP contribution in [0, 0.1) is 11.8 Å². The van der Waals surface area contributed by atoms with Crippen molar-refractivity contribution < 1.29 is 9.59 Å². The topological polar surface area (TPSA) is 54.7 Å². The second-order valence-corrected chi connectivity index (χ2v) is 6.49. The minimum absolute atomic E-state index is 0.0275. The molecule has 2 aliphatic rings. The van der Waals surface area contributed by atoms with Crippen molar-refractivity contribution in [3.8, 4) is 0 Å². The van der Waals surface area contributed by atoms with Crippen LogP contribution in [0.1, 0.15) is 25.7 Å². The summed E-state index contributed by atoms with van der Waals surface area (Å²) in [5, 5.41) is 1.92. The molecule has 0 spiro atoms. The van der Waals surface area contributed by atoms with Crippen molar-refractivity contribution in [2.45, 2.75) is 25.7 Å². The van der Waals surface area contributed by atoms with Gasteiger partial charge in [0.15, 0.2) is 4.80 Å². The molecule has 3 rings (SSSR count). The highest BCUT2D eigenvalue weighted by Gasteiger charge is 2.35. The van der Waals surface area contributed by atoms with Gasteiger partial charge in [-0.15, -0.1) is 11.3 Å². The maximum atomic E-state index is 12.2. The van der Waals surface area contributed by atoms with Gasteiger partial charge in [-0.2, -0.15) is 4.99 Å². The highest BCUT2D eigenvalue weighted by Crippen LogP contribution is 2.32. The summed E-state index contributed by atoms with van der Waals surface area (Å²) in [4.78, 5) is 31.0. The van der Waals surface area contributed by atoms with Gasteiger partial charge < -0.3 is 9.47 Å². The molecule has 0 unspecified atom stereocenters. The summed E-state index contributed by atoms with van der Waals surface area (Å²) >= 11 is 1.47. The average Bonchev–Trinajstić information content (AvgIpc) is 3.23. The lowest BCUT2D eigenvalue weighted by molar-refractivity contribution is -0.136. The van der Waals surface area contributed by atoms with E-state index >= 15 is 0 Å². The predicted octanol–water partition coefficient (Wildman–Crippen LogP) is 1.16. The van der Waals surface area contributed by atoms with E-state index < -0.39 is 0 Å². The fourth-order valence-electron chi connectivity index (χ4n) is 2.56. The van der Waals surface area contributed by atoms with Crippen LogP contribution in [0.4, 0.5) is 0 Å². The fraction of sp³-hybridized carbons (Fsp3) is 0.643. The van der Waals surface area contributed by atoms with E-state index in [1.165, 1.54) is 11.3 Å². The quantitative estimate of drug-likeness (QED) is 0.821. The van der Waals surface area contributed by atoms with Crippen LogP contribution in [-0.4, -0.2) is 34.4 Å². The van der Waals surface area contributed by atoms with Gasteiger partial charge >= 0.3 is 0 Å². The summed E-state index contributed by atoms with van der Waals surface area (Å²) in [6, 6.07) is 0. The monoisotopic (exact) mass is 293 g/mol. The number of carbonyl (C=O) groups is 2. The number of carbonyl (C=O) groups excluding carboxylic acids is 2. The summed E-state index contributed by atoms with van der Waals surface area (Å²) < 4.78 is 1.86. The molecule has 1 saturated heterocycles. The second kappa shape index (κ2) is 5.52. The van der Waals surface area contributed by atoms with Crippen molar-refractivity contribution >= 4 is 23.2 Å². The maximum Gasteiger partial charge on any atom is 0.251 e. The SMILES string of the molecule is Cn1ccsc1=NC(=O)C1CCN(C(=O)C2CC2)CC1. The minimum Gasteiger partial charge on any atom is -0.342 e. The highest BCUT2D eigenvalue weighted by atomic mass is 32.1. The number of piperidine rings is 1. The molecule has 2 amide bonds. The van der Waals surface area contributed by atoms with Crippen LogP contribution < -0.4 is 4.80 Å². The van der Waals surface area contributed by atoms with Crippen molar-refractivity contribution in [3.05, 3.63) is 16.4 Å². The first-order chi connectivity index (χ1) is 9.65. The van der Waals surface area contributed by atoms with Gasteiger partial charge in [0, 0.05) is 43.5 Å². The average molecular weight is 293 g/mol. The zero-order valence-corrected chi connectivity index (χ0v) is 12.4. The standard InChI is InChI=1S/C14H19N3O2S/c1-16-8-9-20-14(16)15-12(18)10-4-6-17(7-5-10)13(19)11-2-3-11/h8-11H,2-7H2,1H3. The molecular formula is C14H19N3O2S. The first-order valence-corrected chi connectivity index (χ1v) is 8.00. The molecule has 5 nitrogen and oxygen atoms in total. The first kappa shape index (κ1) is 13.5. The second-order valence-electron chi connectivity index (χ2n) is 5.62. The number of hydrogen-bond donors (Lipinski definition) is 0. The normalized spacial score (nSPS) is 21.2. The fourth-order valence-corrected chi connectivity index (χ4v) is 3.29. The van der Waals surface area contributed by atoms with Gasteiger partial charge in [0.05, 0.1) is 0 Å². The summed E-state index contributed by atoms with van der Waals surface area (Å²) in [6.07, 6.45) is 5.48. The van der Waals surface area contributed by atoms with Gasteiger partial charge in [0.25, 0.3) is 5.91 Å². The molecule has 2 heterocycles. The smallest absolute Gasteiger partial charge is 0.251 e. The molecule has 0 aromatic carbocycles. The number of thiazole rings is 1. The van der Waals surface area contributed by atoms with E-state index in [4.69, 9.17) is 0 Å². The van der Waals surface area contributed by atoms with Crippen LogP contribution in [-0.2, 0) is 16.6 Å². The molecular weight excluding hydrogens is 274 g/mol. The maximum absolute atomic E-state index is 12.2. The third-order valence-electron chi connectivity index (χ3n) is 4.05. The number of aromatic nitrogens is 1. The van der Waals surface area contributed by atoms with Gasteiger partial charge in [0.1, 0.15) is 0 Å². The Morgan fingerprint density at radius 3 is 2.45 bits per heavy atom. The number of nitrogens with zero attached hydrogens (tertiary/aromatic N) is 3. The Kier molecular flexibility index (Phi) is 3.74. The van der Waals surface area contributed by atoms with Crippen LogP contribution in [0.5, 0.6) is 0 Å². The first-order valence-electron chi connectivity index (χ1n) is 7.12. The van der Waals surface area contributed by atoms with Crippen LogP contribution in [0.25, 0.3) is 0 Å². The predicted molar refractivity (Wildman–Crippen MR) is 75.9 cm³/mol. The van der Waals surface area contributed by atoms with Crippen LogP contribution in [0.15, 0.2) is 16.6 Å². The Morgan fingerprint density at radius 1 is 1.20 bits per heavy atom. The molecule has 0 radical (unpaired) electrons. The Hall–Kier alpha value is -1.43. The number of amides is 2. The molecule has 1 aromatic rings. The lowest BCUT2D eigenvalue weighted by atomic mass is 9.96. The molecule has 0 N–H and O–H groups in total. The van der Waals surface area contributed by atoms with E-state index in [1.807, 2.05) is 28.1 Å². The molecule has 20 heavy (non-hydrogen) atoms. The van der Waals surface area contributed by atoms with Gasteiger partial charge in [-0.25, -0.2) is 0 Å². The van der Waals surface area contributed by atoms with E-state index in [9.17, 15) is 9.59 Å². The summed E-state index contributed by atoms with van der Waals surface area (Å²) in [5.74, 6) is 0.497. The Balaban J connectivity index is 1.59. The van der Waals surface area contributed by atoms with Crippen LogP contribution in [0.2, 0.25) is 0 Å². The van der Waals surface area contributed by atoms with E-state index in [0.717, 1.165) is 30.5 Å². The van der Waals surface area contributed by atoms with Crippen molar-refractivity contribution in [3.63, 3.8) is 0 Å². The number of hydrogen-bond acceptors (Lipinski definition) is 3. The Labute approximate surface area is 121 Å². The lowest BCUT2D eigenvalue weighted by Gasteiger charge is -2.30. The molecule has 2 fully saturated rings. The number of rotatable bonds is 2. The molecule has 6 heteroatoms. The highest BCUT2D eigenvalue weighted by molar-refractivity contribution is 7.07. The van der Waals surface area contributed by atoms with Crippen molar-refractivity contribution in [1.29, 1.82) is 0 Å². The van der Waals surface area contributed by atoms with Crippen molar-refractivity contribution in [2.75, 3.05) is 13.1 Å². The van der Waals surface area contributed by atoms with Gasteiger partial charge in [-0.3, -0.25) is 9.59 Å². The molecule has 1 aliphatic carbocycles. The third kappa shape index (κ3) is 2.85. The summed E-state index contributed by atoms with van der Waals surface area (Å²) in [6.45, 7) is 1.41. The van der Waals surface area contributed by atoms with Gasteiger partial charge in [-0.1, -0.05) is 0 Å². The van der Waals surface area contributed by atoms with E-state index in [-0.39, 0.29) is 23.7 Å². The number of aryl methyl sites for hydroxylation is 1. The van der Waals surface area contributed by atoms with Crippen LogP contribution in [0.3, 0.4) is 0 Å².